The third-order valence-corrected chi connectivity index (χ3v) is 1.54. The van der Waals surface area contributed by atoms with Gasteiger partial charge in [-0.05, 0) is 31.3 Å². The molecule has 1 heterocycles. The molecule has 0 atom stereocenters. The largest absolute Gasteiger partial charge is 0.391 e. The molecule has 68 valence electrons. The second kappa shape index (κ2) is 5.09. The minimum atomic E-state index is 0.467. The minimum absolute atomic E-state index is 0.467. The molecule has 0 amide bonds. The smallest absolute Gasteiger partial charge is 0.0642 e. The third-order valence-electron chi connectivity index (χ3n) is 1.54. The first kappa shape index (κ1) is 9.45. The van der Waals surface area contributed by atoms with Gasteiger partial charge in [-0.3, -0.25) is 4.98 Å². The second-order valence-corrected chi connectivity index (χ2v) is 2.55. The monoisotopic (exact) mass is 175 g/mol. The van der Waals surface area contributed by atoms with Gasteiger partial charge in [-0.25, -0.2) is 0 Å². The molecular weight excluding hydrogens is 162 g/mol. The topological polar surface area (TPSA) is 48.8 Å². The van der Waals surface area contributed by atoms with Crippen molar-refractivity contribution in [2.45, 2.75) is 6.92 Å². The molecule has 0 aliphatic rings. The van der Waals surface area contributed by atoms with E-state index in [2.05, 4.69) is 10.3 Å². The van der Waals surface area contributed by atoms with Crippen molar-refractivity contribution in [1.82, 2.24) is 10.3 Å². The van der Waals surface area contributed by atoms with Gasteiger partial charge in [0.05, 0.1) is 5.71 Å². The van der Waals surface area contributed by atoms with Crippen LogP contribution in [0.2, 0.25) is 0 Å². The van der Waals surface area contributed by atoms with E-state index < -0.39 is 0 Å². The Morgan fingerprint density at radius 1 is 1.69 bits per heavy atom. The summed E-state index contributed by atoms with van der Waals surface area (Å²) in [6, 6.07) is 3.69. The molecule has 3 heteroatoms. The van der Waals surface area contributed by atoms with Gasteiger partial charge in [0.25, 0.3) is 0 Å². The molecule has 0 fully saturated rings. The SMILES string of the molecule is CCN/C=C\C(=N)c1cccnc1. The number of aromatic nitrogens is 1. The maximum atomic E-state index is 7.64. The third kappa shape index (κ3) is 3.07. The molecule has 0 unspecified atom stereocenters. The molecule has 2 N–H and O–H groups in total. The van der Waals surface area contributed by atoms with Crippen molar-refractivity contribution in [3.63, 3.8) is 0 Å². The Hall–Kier alpha value is -1.64. The average Bonchev–Trinajstić information content (AvgIpc) is 2.19. The van der Waals surface area contributed by atoms with E-state index in [0.29, 0.717) is 5.71 Å². The molecule has 0 saturated heterocycles. The van der Waals surface area contributed by atoms with Crippen molar-refractivity contribution in [2.24, 2.45) is 0 Å². The number of allylic oxidation sites excluding steroid dienone is 1. The van der Waals surface area contributed by atoms with Gasteiger partial charge in [-0.1, -0.05) is 0 Å². The number of nitrogens with zero attached hydrogens (tertiary/aromatic N) is 1. The lowest BCUT2D eigenvalue weighted by Gasteiger charge is -1.96. The summed E-state index contributed by atoms with van der Waals surface area (Å²) in [5, 5.41) is 10.6. The standard InChI is InChI=1S/C10H13N3/c1-2-12-7-5-10(11)9-4-3-6-13-8-9/h3-8,11-12H,2H2,1H3/b7-5-,11-10?. The lowest BCUT2D eigenvalue weighted by Crippen LogP contribution is -2.04. The molecule has 0 radical (unpaired) electrons. The van der Waals surface area contributed by atoms with E-state index in [1.165, 1.54) is 0 Å². The van der Waals surface area contributed by atoms with Crippen LogP contribution in [0.1, 0.15) is 12.5 Å². The molecule has 0 aromatic carbocycles. The number of pyridine rings is 1. The molecule has 1 aromatic rings. The molecule has 1 aromatic heterocycles. The van der Waals surface area contributed by atoms with Crippen LogP contribution in [0.3, 0.4) is 0 Å². The van der Waals surface area contributed by atoms with Gasteiger partial charge in [0.15, 0.2) is 0 Å². The van der Waals surface area contributed by atoms with Crippen LogP contribution in [0.15, 0.2) is 36.8 Å². The van der Waals surface area contributed by atoms with E-state index in [4.69, 9.17) is 5.41 Å². The summed E-state index contributed by atoms with van der Waals surface area (Å²) in [5.41, 5.74) is 1.30. The van der Waals surface area contributed by atoms with Gasteiger partial charge in [0, 0.05) is 24.5 Å². The van der Waals surface area contributed by atoms with Crippen LogP contribution in [0.25, 0.3) is 0 Å². The summed E-state index contributed by atoms with van der Waals surface area (Å²) in [6.45, 7) is 2.88. The quantitative estimate of drug-likeness (QED) is 0.682. The normalized spacial score (nSPS) is 10.2. The van der Waals surface area contributed by atoms with Crippen molar-refractivity contribution < 1.29 is 0 Å². The first-order chi connectivity index (χ1) is 6.34. The Bertz CT molecular complexity index is 290. The van der Waals surface area contributed by atoms with Gasteiger partial charge < -0.3 is 10.7 Å². The molecule has 0 spiro atoms. The first-order valence-electron chi connectivity index (χ1n) is 4.23. The average molecular weight is 175 g/mol. The zero-order valence-corrected chi connectivity index (χ0v) is 7.62. The molecule has 3 nitrogen and oxygen atoms in total. The second-order valence-electron chi connectivity index (χ2n) is 2.55. The van der Waals surface area contributed by atoms with E-state index in [-0.39, 0.29) is 0 Å². The predicted octanol–water partition coefficient (Wildman–Crippen LogP) is 1.57. The van der Waals surface area contributed by atoms with E-state index in [0.717, 1.165) is 12.1 Å². The Balaban J connectivity index is 2.59. The summed E-state index contributed by atoms with van der Waals surface area (Å²) in [7, 11) is 0. The zero-order valence-electron chi connectivity index (χ0n) is 7.62. The van der Waals surface area contributed by atoms with E-state index >= 15 is 0 Å². The van der Waals surface area contributed by atoms with Crippen molar-refractivity contribution in [3.8, 4) is 0 Å². The van der Waals surface area contributed by atoms with Crippen LogP contribution < -0.4 is 5.32 Å². The van der Waals surface area contributed by atoms with Crippen LogP contribution in [-0.2, 0) is 0 Å². The summed E-state index contributed by atoms with van der Waals surface area (Å²) in [4.78, 5) is 3.94. The number of nitrogens with one attached hydrogen (secondary N) is 2. The summed E-state index contributed by atoms with van der Waals surface area (Å²) >= 11 is 0. The van der Waals surface area contributed by atoms with Gasteiger partial charge in [-0.2, -0.15) is 0 Å². The molecule has 13 heavy (non-hydrogen) atoms. The van der Waals surface area contributed by atoms with E-state index in [9.17, 15) is 0 Å². The highest BCUT2D eigenvalue weighted by molar-refractivity contribution is 6.06. The predicted molar refractivity (Wildman–Crippen MR) is 53.9 cm³/mol. The first-order valence-corrected chi connectivity index (χ1v) is 4.23. The molecule has 0 bridgehead atoms. The van der Waals surface area contributed by atoms with Crippen LogP contribution in [-0.4, -0.2) is 17.2 Å². The Morgan fingerprint density at radius 2 is 2.54 bits per heavy atom. The summed E-state index contributed by atoms with van der Waals surface area (Å²) < 4.78 is 0. The zero-order chi connectivity index (χ0) is 9.52. The Morgan fingerprint density at radius 3 is 3.15 bits per heavy atom. The molecule has 1 rings (SSSR count). The van der Waals surface area contributed by atoms with Crippen LogP contribution in [0.5, 0.6) is 0 Å². The fourth-order valence-corrected chi connectivity index (χ4v) is 0.878. The highest BCUT2D eigenvalue weighted by Crippen LogP contribution is 1.97. The summed E-state index contributed by atoms with van der Waals surface area (Å²) in [5.74, 6) is 0. The number of hydrogen-bond donors (Lipinski definition) is 2. The van der Waals surface area contributed by atoms with Crippen LogP contribution in [0, 0.1) is 5.41 Å². The number of hydrogen-bond acceptors (Lipinski definition) is 3. The van der Waals surface area contributed by atoms with Crippen molar-refractivity contribution >= 4 is 5.71 Å². The fourth-order valence-electron chi connectivity index (χ4n) is 0.878. The van der Waals surface area contributed by atoms with Gasteiger partial charge in [-0.15, -0.1) is 0 Å². The van der Waals surface area contributed by atoms with Gasteiger partial charge >= 0.3 is 0 Å². The van der Waals surface area contributed by atoms with E-state index in [1.54, 1.807) is 24.7 Å². The molecule has 0 aliphatic heterocycles. The highest BCUT2D eigenvalue weighted by atomic mass is 14.8. The number of rotatable bonds is 4. The van der Waals surface area contributed by atoms with Crippen LogP contribution in [0.4, 0.5) is 0 Å². The molecule has 0 saturated carbocycles. The van der Waals surface area contributed by atoms with E-state index in [1.807, 2.05) is 19.1 Å². The van der Waals surface area contributed by atoms with Gasteiger partial charge in [0.2, 0.25) is 0 Å². The maximum Gasteiger partial charge on any atom is 0.0642 e. The lowest BCUT2D eigenvalue weighted by molar-refractivity contribution is 0.920. The highest BCUT2D eigenvalue weighted by Gasteiger charge is 1.94. The lowest BCUT2D eigenvalue weighted by atomic mass is 10.2. The van der Waals surface area contributed by atoms with Crippen molar-refractivity contribution in [2.75, 3.05) is 6.54 Å². The fraction of sp³-hybridized carbons (Fsp3) is 0.200. The summed E-state index contributed by atoms with van der Waals surface area (Å²) in [6.07, 6.45) is 6.87. The van der Waals surface area contributed by atoms with Gasteiger partial charge in [0.1, 0.15) is 0 Å². The minimum Gasteiger partial charge on any atom is -0.391 e. The molecule has 0 aliphatic carbocycles. The Labute approximate surface area is 78.0 Å². The Kier molecular flexibility index (Phi) is 3.70. The van der Waals surface area contributed by atoms with Crippen molar-refractivity contribution in [3.05, 3.63) is 42.4 Å². The maximum absolute atomic E-state index is 7.64. The van der Waals surface area contributed by atoms with Crippen molar-refractivity contribution in [1.29, 1.82) is 5.41 Å². The van der Waals surface area contributed by atoms with Crippen LogP contribution >= 0.6 is 0 Å². The molecular formula is C10H13N3.